The molecule has 128 valence electrons. The van der Waals surface area contributed by atoms with Gasteiger partial charge in [0, 0.05) is 23.7 Å². The maximum atomic E-state index is 9.48. The molecule has 1 aliphatic heterocycles. The van der Waals surface area contributed by atoms with Crippen LogP contribution in [0.25, 0.3) is 5.57 Å². The zero-order chi connectivity index (χ0) is 16.9. The fraction of sp³-hybridized carbons (Fsp3) is 0.389. The maximum absolute atomic E-state index is 9.48. The maximum Gasteiger partial charge on any atom is 0.150 e. The fourth-order valence-corrected chi connectivity index (χ4v) is 4.45. The average molecular weight is 363 g/mol. The molecule has 24 heavy (non-hydrogen) atoms. The highest BCUT2D eigenvalue weighted by atomic mass is 32.2. The number of rotatable bonds is 6. The zero-order valence-electron chi connectivity index (χ0n) is 13.9. The molecule has 0 saturated heterocycles. The highest BCUT2D eigenvalue weighted by Gasteiger charge is 2.21. The van der Waals surface area contributed by atoms with Crippen LogP contribution >= 0.6 is 23.1 Å². The van der Waals surface area contributed by atoms with Crippen molar-refractivity contribution < 1.29 is 9.84 Å². The largest absolute Gasteiger partial charge is 0.497 e. The van der Waals surface area contributed by atoms with E-state index in [0.29, 0.717) is 0 Å². The molecule has 3 rings (SSSR count). The van der Waals surface area contributed by atoms with E-state index in [1.807, 2.05) is 19.2 Å². The molecule has 1 aromatic carbocycles. The number of aromatic nitrogens is 1. The number of methoxy groups -OCH3 is 1. The van der Waals surface area contributed by atoms with Crippen LogP contribution < -0.4 is 4.74 Å². The molecule has 0 unspecified atom stereocenters. The first-order valence-corrected chi connectivity index (χ1v) is 9.78. The third-order valence-corrected chi connectivity index (χ3v) is 6.34. The second kappa shape index (κ2) is 8.16. The van der Waals surface area contributed by atoms with E-state index in [-0.39, 0.29) is 12.6 Å². The fourth-order valence-electron chi connectivity index (χ4n) is 2.65. The van der Waals surface area contributed by atoms with Crippen molar-refractivity contribution in [3.8, 4) is 5.75 Å². The Bertz CT molecular complexity index is 697. The van der Waals surface area contributed by atoms with Crippen LogP contribution in [0.2, 0.25) is 0 Å². The van der Waals surface area contributed by atoms with Gasteiger partial charge in [0.15, 0.2) is 4.34 Å². The summed E-state index contributed by atoms with van der Waals surface area (Å²) in [6.45, 7) is 1.06. The van der Waals surface area contributed by atoms with Gasteiger partial charge in [0.1, 0.15) is 5.75 Å². The SMILES string of the molecule is COc1ccc(CSc2nc(C3=CCN(C)[C@H](CO)C3)cs2)cc1. The second-order valence-corrected chi connectivity index (χ2v) is 7.93. The smallest absolute Gasteiger partial charge is 0.150 e. The minimum Gasteiger partial charge on any atom is -0.497 e. The minimum absolute atomic E-state index is 0.192. The van der Waals surface area contributed by atoms with Gasteiger partial charge < -0.3 is 9.84 Å². The second-order valence-electron chi connectivity index (χ2n) is 5.84. The Labute approximate surface area is 151 Å². The van der Waals surface area contributed by atoms with Crippen LogP contribution in [0, 0.1) is 0 Å². The molecule has 1 aliphatic rings. The van der Waals surface area contributed by atoms with E-state index < -0.39 is 0 Å². The number of benzene rings is 1. The lowest BCUT2D eigenvalue weighted by molar-refractivity contribution is 0.155. The van der Waals surface area contributed by atoms with E-state index in [4.69, 9.17) is 9.72 Å². The van der Waals surface area contributed by atoms with Gasteiger partial charge >= 0.3 is 0 Å². The van der Waals surface area contributed by atoms with Crippen molar-refractivity contribution in [2.24, 2.45) is 0 Å². The lowest BCUT2D eigenvalue weighted by Crippen LogP contribution is -2.37. The lowest BCUT2D eigenvalue weighted by Gasteiger charge is -2.30. The van der Waals surface area contributed by atoms with Gasteiger partial charge in [-0.2, -0.15) is 0 Å². The first kappa shape index (κ1) is 17.5. The first-order chi connectivity index (χ1) is 11.7. The summed E-state index contributed by atoms with van der Waals surface area (Å²) in [7, 11) is 3.73. The number of thioether (sulfide) groups is 1. The summed E-state index contributed by atoms with van der Waals surface area (Å²) >= 11 is 3.45. The normalized spacial score (nSPS) is 18.5. The Morgan fingerprint density at radius 1 is 1.38 bits per heavy atom. The van der Waals surface area contributed by atoms with E-state index in [1.165, 1.54) is 11.1 Å². The van der Waals surface area contributed by atoms with Crippen molar-refractivity contribution in [1.82, 2.24) is 9.88 Å². The van der Waals surface area contributed by atoms with Crippen molar-refractivity contribution in [3.63, 3.8) is 0 Å². The van der Waals surface area contributed by atoms with Gasteiger partial charge in [-0.1, -0.05) is 30.0 Å². The number of hydrogen-bond acceptors (Lipinski definition) is 6. The highest BCUT2D eigenvalue weighted by Crippen LogP contribution is 2.32. The number of likely N-dealkylation sites (N-methyl/N-ethyl adjacent to an activating group) is 1. The van der Waals surface area contributed by atoms with Gasteiger partial charge in [-0.05, 0) is 36.7 Å². The van der Waals surface area contributed by atoms with Crippen molar-refractivity contribution >= 4 is 28.7 Å². The van der Waals surface area contributed by atoms with Gasteiger partial charge in [-0.25, -0.2) is 4.98 Å². The molecule has 6 heteroatoms. The molecule has 0 fully saturated rings. The van der Waals surface area contributed by atoms with Crippen molar-refractivity contribution in [3.05, 3.63) is 47.0 Å². The average Bonchev–Trinajstić information content (AvgIpc) is 3.10. The predicted molar refractivity (Wildman–Crippen MR) is 101 cm³/mol. The molecular weight excluding hydrogens is 340 g/mol. The third-order valence-electron chi connectivity index (χ3n) is 4.25. The van der Waals surface area contributed by atoms with Crippen LogP contribution in [-0.2, 0) is 5.75 Å². The molecule has 1 N–H and O–H groups in total. The number of thiazole rings is 1. The molecule has 0 bridgehead atoms. The van der Waals surface area contributed by atoms with Gasteiger partial charge in [0.05, 0.1) is 19.4 Å². The molecule has 1 aromatic heterocycles. The number of ether oxygens (including phenoxy) is 1. The summed E-state index contributed by atoms with van der Waals surface area (Å²) in [6.07, 6.45) is 3.08. The quantitative estimate of drug-likeness (QED) is 0.797. The van der Waals surface area contributed by atoms with Gasteiger partial charge in [0.2, 0.25) is 0 Å². The molecule has 0 spiro atoms. The van der Waals surface area contributed by atoms with E-state index >= 15 is 0 Å². The molecule has 0 radical (unpaired) electrons. The molecule has 2 aromatic rings. The summed E-state index contributed by atoms with van der Waals surface area (Å²) in [6, 6.07) is 8.35. The number of nitrogens with zero attached hydrogens (tertiary/aromatic N) is 2. The van der Waals surface area contributed by atoms with Crippen LogP contribution in [0.1, 0.15) is 17.7 Å². The van der Waals surface area contributed by atoms with Crippen LogP contribution in [0.5, 0.6) is 5.75 Å². The third kappa shape index (κ3) is 4.19. The summed E-state index contributed by atoms with van der Waals surface area (Å²) in [5, 5.41) is 11.6. The topological polar surface area (TPSA) is 45.6 Å². The Morgan fingerprint density at radius 2 is 2.17 bits per heavy atom. The molecule has 0 amide bonds. The Kier molecular flexibility index (Phi) is 5.94. The van der Waals surface area contributed by atoms with Crippen molar-refractivity contribution in [2.45, 2.75) is 22.6 Å². The highest BCUT2D eigenvalue weighted by molar-refractivity contribution is 8.00. The zero-order valence-corrected chi connectivity index (χ0v) is 15.6. The predicted octanol–water partition coefficient (Wildman–Crippen LogP) is 3.52. The molecule has 4 nitrogen and oxygen atoms in total. The molecular formula is C18H22N2O2S2. The monoisotopic (exact) mass is 362 g/mol. The summed E-state index contributed by atoms with van der Waals surface area (Å²) < 4.78 is 6.27. The van der Waals surface area contributed by atoms with Crippen molar-refractivity contribution in [2.75, 3.05) is 27.3 Å². The summed E-state index contributed by atoms with van der Waals surface area (Å²) in [4.78, 5) is 6.94. The molecule has 1 atom stereocenters. The number of aliphatic hydroxyl groups excluding tert-OH is 1. The number of hydrogen-bond donors (Lipinski definition) is 1. The Morgan fingerprint density at radius 3 is 2.88 bits per heavy atom. The van der Waals surface area contributed by atoms with Crippen LogP contribution in [0.4, 0.5) is 0 Å². The molecule has 0 saturated carbocycles. The van der Waals surface area contributed by atoms with Crippen LogP contribution in [-0.4, -0.2) is 48.3 Å². The Balaban J connectivity index is 1.61. The van der Waals surface area contributed by atoms with E-state index in [0.717, 1.165) is 34.5 Å². The Hall–Kier alpha value is -1.34. The van der Waals surface area contributed by atoms with E-state index in [2.05, 4.69) is 28.5 Å². The van der Waals surface area contributed by atoms with Crippen LogP contribution in [0.15, 0.2) is 40.1 Å². The minimum atomic E-state index is 0.192. The standard InChI is InChI=1S/C18H22N2O2S2/c1-20-8-7-14(9-15(20)10-21)17-12-24-18(19-17)23-11-13-3-5-16(22-2)6-4-13/h3-7,12,15,21H,8-11H2,1-2H3/t15-/m0/s1. The molecule has 2 heterocycles. The first-order valence-electron chi connectivity index (χ1n) is 7.91. The van der Waals surface area contributed by atoms with Gasteiger partial charge in [-0.15, -0.1) is 11.3 Å². The lowest BCUT2D eigenvalue weighted by atomic mass is 9.99. The van der Waals surface area contributed by atoms with Gasteiger partial charge in [-0.3, -0.25) is 4.90 Å². The summed E-state index contributed by atoms with van der Waals surface area (Å²) in [5.41, 5.74) is 3.57. The van der Waals surface area contributed by atoms with Crippen LogP contribution in [0.3, 0.4) is 0 Å². The van der Waals surface area contributed by atoms with Gasteiger partial charge in [0.25, 0.3) is 0 Å². The molecule has 0 aliphatic carbocycles. The number of aliphatic hydroxyl groups is 1. The van der Waals surface area contributed by atoms with E-state index in [1.54, 1.807) is 30.2 Å². The van der Waals surface area contributed by atoms with Crippen molar-refractivity contribution in [1.29, 1.82) is 0 Å². The van der Waals surface area contributed by atoms with E-state index in [9.17, 15) is 5.11 Å². The summed E-state index contributed by atoms with van der Waals surface area (Å²) in [5.74, 6) is 1.78.